The van der Waals surface area contributed by atoms with Gasteiger partial charge in [0.25, 0.3) is 0 Å². The fourth-order valence-corrected chi connectivity index (χ4v) is 1.61. The van der Waals surface area contributed by atoms with E-state index >= 15 is 0 Å². The van der Waals surface area contributed by atoms with Crippen LogP contribution >= 0.6 is 0 Å². The summed E-state index contributed by atoms with van der Waals surface area (Å²) in [6.45, 7) is 1.49. The lowest BCUT2D eigenvalue weighted by Crippen LogP contribution is -2.21. The molecule has 0 atom stereocenters. The monoisotopic (exact) mass is 280 g/mol. The number of hydrogen-bond acceptors (Lipinski definition) is 1. The number of benzene rings is 2. The topological polar surface area (TPSA) is 41.1 Å². The summed E-state index contributed by atoms with van der Waals surface area (Å²) in [6.07, 6.45) is 0. The summed E-state index contributed by atoms with van der Waals surface area (Å²) in [4.78, 5) is 11.7. The average Bonchev–Trinajstić information content (AvgIpc) is 2.39. The zero-order chi connectivity index (χ0) is 14.7. The van der Waals surface area contributed by atoms with Crippen molar-refractivity contribution in [3.8, 4) is 0 Å². The number of nitrogens with one attached hydrogen (secondary N) is 2. The Morgan fingerprint density at radius 2 is 1.65 bits per heavy atom. The summed E-state index contributed by atoms with van der Waals surface area (Å²) in [6, 6.07) is 6.09. The summed E-state index contributed by atoms with van der Waals surface area (Å²) >= 11 is 0. The summed E-state index contributed by atoms with van der Waals surface area (Å²) in [5.41, 5.74) is 0.207. The van der Waals surface area contributed by atoms with Crippen molar-refractivity contribution in [1.82, 2.24) is 0 Å². The van der Waals surface area contributed by atoms with E-state index in [2.05, 4.69) is 10.6 Å². The van der Waals surface area contributed by atoms with Crippen molar-refractivity contribution >= 4 is 17.4 Å². The highest BCUT2D eigenvalue weighted by molar-refractivity contribution is 6.00. The Hall–Kier alpha value is -2.50. The van der Waals surface area contributed by atoms with Gasteiger partial charge in [-0.15, -0.1) is 0 Å². The Balaban J connectivity index is 2.13. The van der Waals surface area contributed by atoms with Gasteiger partial charge in [-0.3, -0.25) is 0 Å². The third-order valence-electron chi connectivity index (χ3n) is 2.69. The number of urea groups is 1. The molecule has 2 N–H and O–H groups in total. The van der Waals surface area contributed by atoms with Gasteiger partial charge in [-0.05, 0) is 31.2 Å². The summed E-state index contributed by atoms with van der Waals surface area (Å²) in [5.74, 6) is -1.92. The van der Waals surface area contributed by atoms with E-state index in [1.165, 1.54) is 25.1 Å². The molecule has 3 nitrogen and oxygen atoms in total. The fraction of sp³-hybridized carbons (Fsp3) is 0.0714. The minimum Gasteiger partial charge on any atom is -0.307 e. The number of rotatable bonds is 2. The van der Waals surface area contributed by atoms with Crippen molar-refractivity contribution in [3.05, 3.63) is 59.4 Å². The zero-order valence-electron chi connectivity index (χ0n) is 10.5. The molecule has 0 fully saturated rings. The number of hydrogen-bond donors (Lipinski definition) is 2. The Bertz CT molecular complexity index is 653. The number of carbonyl (C=O) groups is 1. The maximum Gasteiger partial charge on any atom is 0.323 e. The van der Waals surface area contributed by atoms with Crippen molar-refractivity contribution in [3.63, 3.8) is 0 Å². The van der Waals surface area contributed by atoms with E-state index in [4.69, 9.17) is 0 Å². The van der Waals surface area contributed by atoms with Crippen molar-refractivity contribution in [1.29, 1.82) is 0 Å². The maximum atomic E-state index is 13.3. The Labute approximate surface area is 113 Å². The highest BCUT2D eigenvalue weighted by Gasteiger charge is 2.10. The van der Waals surface area contributed by atoms with Gasteiger partial charge < -0.3 is 10.6 Å². The van der Waals surface area contributed by atoms with Gasteiger partial charge in [0.15, 0.2) is 0 Å². The van der Waals surface area contributed by atoms with Gasteiger partial charge in [0, 0.05) is 17.3 Å². The van der Waals surface area contributed by atoms with Crippen molar-refractivity contribution < 1.29 is 18.0 Å². The predicted molar refractivity (Wildman–Crippen MR) is 70.1 cm³/mol. The van der Waals surface area contributed by atoms with E-state index in [9.17, 15) is 18.0 Å². The summed E-state index contributed by atoms with van der Waals surface area (Å²) < 4.78 is 39.6. The molecule has 20 heavy (non-hydrogen) atoms. The first-order chi connectivity index (χ1) is 9.47. The van der Waals surface area contributed by atoms with Crippen molar-refractivity contribution in [2.24, 2.45) is 0 Å². The van der Waals surface area contributed by atoms with Gasteiger partial charge in [-0.1, -0.05) is 6.07 Å². The molecule has 2 aromatic rings. The largest absolute Gasteiger partial charge is 0.323 e. The molecule has 0 saturated heterocycles. The molecule has 0 bridgehead atoms. The Kier molecular flexibility index (Phi) is 3.93. The van der Waals surface area contributed by atoms with E-state index in [0.717, 1.165) is 18.2 Å². The number of halogens is 3. The molecule has 0 saturated carbocycles. The van der Waals surface area contributed by atoms with Crippen LogP contribution in [0, 0.1) is 24.4 Å². The number of anilines is 2. The first-order valence-corrected chi connectivity index (χ1v) is 5.75. The van der Waals surface area contributed by atoms with Crippen LogP contribution in [-0.4, -0.2) is 6.03 Å². The SMILES string of the molecule is Cc1c(F)cccc1NC(=O)Nc1cc(F)ccc1F. The molecule has 0 aliphatic carbocycles. The van der Waals surface area contributed by atoms with Gasteiger partial charge in [-0.2, -0.15) is 0 Å². The van der Waals surface area contributed by atoms with Gasteiger partial charge in [0.2, 0.25) is 0 Å². The first kappa shape index (κ1) is 13.9. The normalized spacial score (nSPS) is 10.2. The van der Waals surface area contributed by atoms with Crippen LogP contribution in [0.2, 0.25) is 0 Å². The molecule has 6 heteroatoms. The molecule has 0 unspecified atom stereocenters. The van der Waals surface area contributed by atoms with Crippen LogP contribution in [0.25, 0.3) is 0 Å². The van der Waals surface area contributed by atoms with E-state index < -0.39 is 23.5 Å². The van der Waals surface area contributed by atoms with Gasteiger partial charge in [0.1, 0.15) is 17.5 Å². The lowest BCUT2D eigenvalue weighted by atomic mass is 10.2. The van der Waals surface area contributed by atoms with Crippen LogP contribution in [0.15, 0.2) is 36.4 Å². The standard InChI is InChI=1S/C14H11F3N2O/c1-8-10(16)3-2-4-12(8)18-14(20)19-13-7-9(15)5-6-11(13)17/h2-7H,1H3,(H2,18,19,20). The molecule has 0 aromatic heterocycles. The van der Waals surface area contributed by atoms with Gasteiger partial charge in [-0.25, -0.2) is 18.0 Å². The molecule has 0 heterocycles. The third kappa shape index (κ3) is 3.09. The fourth-order valence-electron chi connectivity index (χ4n) is 1.61. The lowest BCUT2D eigenvalue weighted by Gasteiger charge is -2.10. The van der Waals surface area contributed by atoms with Crippen molar-refractivity contribution in [2.45, 2.75) is 6.92 Å². The second-order valence-electron chi connectivity index (χ2n) is 4.12. The minimum absolute atomic E-state index is 0.249. The van der Waals surface area contributed by atoms with Gasteiger partial charge in [0.05, 0.1) is 5.69 Å². The van der Waals surface area contributed by atoms with Crippen LogP contribution in [-0.2, 0) is 0 Å². The molecule has 0 radical (unpaired) electrons. The first-order valence-electron chi connectivity index (χ1n) is 5.75. The molecule has 2 aromatic carbocycles. The van der Waals surface area contributed by atoms with E-state index in [-0.39, 0.29) is 16.9 Å². The average molecular weight is 280 g/mol. The smallest absolute Gasteiger partial charge is 0.307 e. The highest BCUT2D eigenvalue weighted by atomic mass is 19.1. The van der Waals surface area contributed by atoms with Crippen LogP contribution < -0.4 is 10.6 Å². The summed E-state index contributed by atoms with van der Waals surface area (Å²) in [7, 11) is 0. The molecule has 0 aliphatic rings. The number of carbonyl (C=O) groups excluding carboxylic acids is 1. The molecular weight excluding hydrogens is 269 g/mol. The predicted octanol–water partition coefficient (Wildman–Crippen LogP) is 4.06. The quantitative estimate of drug-likeness (QED) is 0.855. The second-order valence-corrected chi connectivity index (χ2v) is 4.12. The molecule has 104 valence electrons. The zero-order valence-corrected chi connectivity index (χ0v) is 10.5. The maximum absolute atomic E-state index is 13.3. The highest BCUT2D eigenvalue weighted by Crippen LogP contribution is 2.19. The number of amides is 2. The molecule has 2 amide bonds. The molecular formula is C14H11F3N2O. The van der Waals surface area contributed by atoms with Crippen LogP contribution in [0.5, 0.6) is 0 Å². The second kappa shape index (κ2) is 5.64. The van der Waals surface area contributed by atoms with E-state index in [0.29, 0.717) is 0 Å². The van der Waals surface area contributed by atoms with E-state index in [1.807, 2.05) is 0 Å². The Morgan fingerprint density at radius 3 is 2.40 bits per heavy atom. The van der Waals surface area contributed by atoms with Gasteiger partial charge >= 0.3 is 6.03 Å². The summed E-state index contributed by atoms with van der Waals surface area (Å²) in [5, 5.41) is 4.53. The van der Waals surface area contributed by atoms with Crippen LogP contribution in [0.3, 0.4) is 0 Å². The van der Waals surface area contributed by atoms with Crippen molar-refractivity contribution in [2.75, 3.05) is 10.6 Å². The molecule has 0 aliphatic heterocycles. The van der Waals surface area contributed by atoms with Crippen LogP contribution in [0.4, 0.5) is 29.3 Å². The van der Waals surface area contributed by atoms with E-state index in [1.54, 1.807) is 0 Å². The molecule has 0 spiro atoms. The Morgan fingerprint density at radius 1 is 0.950 bits per heavy atom. The minimum atomic E-state index is -0.789. The molecule has 2 rings (SSSR count). The third-order valence-corrected chi connectivity index (χ3v) is 2.69. The van der Waals surface area contributed by atoms with Crippen LogP contribution in [0.1, 0.15) is 5.56 Å². The lowest BCUT2D eigenvalue weighted by molar-refractivity contribution is 0.262.